The van der Waals surface area contributed by atoms with Crippen molar-refractivity contribution in [2.45, 2.75) is 19.8 Å². The molecule has 22 heavy (non-hydrogen) atoms. The number of carboxylic acids is 1. The van der Waals surface area contributed by atoms with E-state index in [1.165, 1.54) is 16.8 Å². The molecule has 2 N–H and O–H groups in total. The van der Waals surface area contributed by atoms with E-state index in [2.05, 4.69) is 10.4 Å². The number of rotatable bonds is 4. The van der Waals surface area contributed by atoms with Crippen LogP contribution in [-0.2, 0) is 7.05 Å². The molecule has 116 valence electrons. The number of carbonyl (C=O) groups is 2. The van der Waals surface area contributed by atoms with Crippen molar-refractivity contribution in [3.8, 4) is 0 Å². The standard InChI is InChI=1S/C15H16FN3O3/c1-8(2)12-7-13(19(3)18-12)14(20)17-11-5-4-9(15(21)22)6-10(11)16/h4-8H,1-3H3,(H,17,20)(H,21,22). The van der Waals surface area contributed by atoms with Gasteiger partial charge in [-0.2, -0.15) is 5.10 Å². The number of nitrogens with zero attached hydrogens (tertiary/aromatic N) is 2. The van der Waals surface area contributed by atoms with Gasteiger partial charge in [0.25, 0.3) is 5.91 Å². The Morgan fingerprint density at radius 2 is 2.00 bits per heavy atom. The molecule has 0 aliphatic rings. The average Bonchev–Trinajstić information content (AvgIpc) is 2.83. The highest BCUT2D eigenvalue weighted by Crippen LogP contribution is 2.18. The van der Waals surface area contributed by atoms with Gasteiger partial charge in [-0.25, -0.2) is 9.18 Å². The fourth-order valence-corrected chi connectivity index (χ4v) is 1.92. The maximum atomic E-state index is 13.8. The molecule has 0 unspecified atom stereocenters. The van der Waals surface area contributed by atoms with E-state index < -0.39 is 17.7 Å². The highest BCUT2D eigenvalue weighted by atomic mass is 19.1. The highest BCUT2D eigenvalue weighted by molar-refractivity contribution is 6.03. The highest BCUT2D eigenvalue weighted by Gasteiger charge is 2.17. The number of benzene rings is 1. The van der Waals surface area contributed by atoms with Gasteiger partial charge < -0.3 is 10.4 Å². The lowest BCUT2D eigenvalue weighted by Gasteiger charge is -2.07. The number of aromatic nitrogens is 2. The number of aromatic carboxylic acids is 1. The molecule has 6 nitrogen and oxygen atoms in total. The Morgan fingerprint density at radius 1 is 1.32 bits per heavy atom. The van der Waals surface area contributed by atoms with E-state index in [0.717, 1.165) is 11.8 Å². The molecule has 0 fully saturated rings. The van der Waals surface area contributed by atoms with E-state index in [1.807, 2.05) is 13.8 Å². The Labute approximate surface area is 126 Å². The van der Waals surface area contributed by atoms with Gasteiger partial charge in [0.05, 0.1) is 16.9 Å². The molecule has 0 aliphatic heterocycles. The third kappa shape index (κ3) is 3.13. The van der Waals surface area contributed by atoms with Crippen LogP contribution < -0.4 is 5.32 Å². The summed E-state index contributed by atoms with van der Waals surface area (Å²) in [4.78, 5) is 22.9. The lowest BCUT2D eigenvalue weighted by Crippen LogP contribution is -2.17. The molecule has 0 spiro atoms. The number of amides is 1. The van der Waals surface area contributed by atoms with Crippen molar-refractivity contribution in [3.63, 3.8) is 0 Å². The second-order valence-corrected chi connectivity index (χ2v) is 5.19. The van der Waals surface area contributed by atoms with E-state index in [0.29, 0.717) is 5.69 Å². The van der Waals surface area contributed by atoms with Crippen LogP contribution in [0.25, 0.3) is 0 Å². The average molecular weight is 305 g/mol. The largest absolute Gasteiger partial charge is 0.478 e. The Morgan fingerprint density at radius 3 is 2.50 bits per heavy atom. The monoisotopic (exact) mass is 305 g/mol. The van der Waals surface area contributed by atoms with Crippen LogP contribution in [0.3, 0.4) is 0 Å². The predicted octanol–water partition coefficient (Wildman–Crippen LogP) is 2.63. The van der Waals surface area contributed by atoms with Crippen LogP contribution in [0.15, 0.2) is 24.3 Å². The molecule has 1 aromatic heterocycles. The first kappa shape index (κ1) is 15.7. The molecule has 0 saturated heterocycles. The summed E-state index contributed by atoms with van der Waals surface area (Å²) in [5, 5.41) is 15.4. The summed E-state index contributed by atoms with van der Waals surface area (Å²) < 4.78 is 15.2. The van der Waals surface area contributed by atoms with Gasteiger partial charge in [0.2, 0.25) is 0 Å². The topological polar surface area (TPSA) is 84.2 Å². The van der Waals surface area contributed by atoms with E-state index in [-0.39, 0.29) is 17.2 Å². The summed E-state index contributed by atoms with van der Waals surface area (Å²) in [6.07, 6.45) is 0. The first-order valence-electron chi connectivity index (χ1n) is 6.67. The van der Waals surface area contributed by atoms with Gasteiger partial charge >= 0.3 is 5.97 Å². The number of halogens is 1. The van der Waals surface area contributed by atoms with E-state index in [1.54, 1.807) is 13.1 Å². The number of anilines is 1. The minimum absolute atomic E-state index is 0.0812. The molecule has 0 radical (unpaired) electrons. The third-order valence-electron chi connectivity index (χ3n) is 3.19. The van der Waals surface area contributed by atoms with Crippen LogP contribution in [-0.4, -0.2) is 26.8 Å². The number of carbonyl (C=O) groups excluding carboxylic acids is 1. The molecule has 0 bridgehead atoms. The maximum Gasteiger partial charge on any atom is 0.335 e. The Bertz CT molecular complexity index is 738. The summed E-state index contributed by atoms with van der Waals surface area (Å²) >= 11 is 0. The minimum Gasteiger partial charge on any atom is -0.478 e. The zero-order chi connectivity index (χ0) is 16.4. The molecule has 1 amide bonds. The zero-order valence-electron chi connectivity index (χ0n) is 12.4. The maximum absolute atomic E-state index is 13.8. The van der Waals surface area contributed by atoms with Crippen LogP contribution in [0.2, 0.25) is 0 Å². The van der Waals surface area contributed by atoms with Crippen molar-refractivity contribution in [2.24, 2.45) is 7.05 Å². The second kappa shape index (κ2) is 5.97. The molecule has 2 rings (SSSR count). The summed E-state index contributed by atoms with van der Waals surface area (Å²) in [6.45, 7) is 3.91. The lowest BCUT2D eigenvalue weighted by molar-refractivity contribution is 0.0696. The quantitative estimate of drug-likeness (QED) is 0.909. The SMILES string of the molecule is CC(C)c1cc(C(=O)Nc2ccc(C(=O)O)cc2F)n(C)n1. The molecular formula is C15H16FN3O3. The van der Waals surface area contributed by atoms with Crippen molar-refractivity contribution >= 4 is 17.6 Å². The van der Waals surface area contributed by atoms with Crippen molar-refractivity contribution in [1.29, 1.82) is 0 Å². The normalized spacial score (nSPS) is 10.8. The van der Waals surface area contributed by atoms with Crippen molar-refractivity contribution in [1.82, 2.24) is 9.78 Å². The van der Waals surface area contributed by atoms with Gasteiger partial charge in [-0.1, -0.05) is 13.8 Å². The molecule has 0 aliphatic carbocycles. The molecule has 0 saturated carbocycles. The minimum atomic E-state index is -1.23. The molecular weight excluding hydrogens is 289 g/mol. The van der Waals surface area contributed by atoms with Crippen LogP contribution in [0, 0.1) is 5.82 Å². The summed E-state index contributed by atoms with van der Waals surface area (Å²) in [7, 11) is 1.63. The predicted molar refractivity (Wildman–Crippen MR) is 78.6 cm³/mol. The first-order chi connectivity index (χ1) is 10.3. The summed E-state index contributed by atoms with van der Waals surface area (Å²) in [6, 6.07) is 4.95. The zero-order valence-corrected chi connectivity index (χ0v) is 12.4. The third-order valence-corrected chi connectivity index (χ3v) is 3.19. The number of nitrogens with one attached hydrogen (secondary N) is 1. The molecule has 7 heteroatoms. The Hall–Kier alpha value is -2.70. The van der Waals surface area contributed by atoms with Crippen LogP contribution in [0.1, 0.15) is 46.3 Å². The number of hydrogen-bond acceptors (Lipinski definition) is 3. The molecule has 1 heterocycles. The fraction of sp³-hybridized carbons (Fsp3) is 0.267. The van der Waals surface area contributed by atoms with Gasteiger partial charge in [-0.05, 0) is 30.2 Å². The number of carboxylic acid groups (broad SMARTS) is 1. The van der Waals surface area contributed by atoms with Gasteiger partial charge in [-0.15, -0.1) is 0 Å². The Kier molecular flexibility index (Phi) is 4.25. The van der Waals surface area contributed by atoms with Gasteiger partial charge in [0.15, 0.2) is 0 Å². The van der Waals surface area contributed by atoms with E-state index in [4.69, 9.17) is 5.11 Å². The fourth-order valence-electron chi connectivity index (χ4n) is 1.92. The first-order valence-corrected chi connectivity index (χ1v) is 6.67. The van der Waals surface area contributed by atoms with Crippen LogP contribution >= 0.6 is 0 Å². The molecule has 2 aromatic rings. The van der Waals surface area contributed by atoms with E-state index in [9.17, 15) is 14.0 Å². The van der Waals surface area contributed by atoms with Crippen LogP contribution in [0.5, 0.6) is 0 Å². The number of aryl methyl sites for hydroxylation is 1. The molecule has 0 atom stereocenters. The van der Waals surface area contributed by atoms with Crippen molar-refractivity contribution < 1.29 is 19.1 Å². The summed E-state index contributed by atoms with van der Waals surface area (Å²) in [5.74, 6) is -2.38. The Balaban J connectivity index is 2.24. The van der Waals surface area contributed by atoms with Gasteiger partial charge in [0, 0.05) is 7.05 Å². The second-order valence-electron chi connectivity index (χ2n) is 5.19. The van der Waals surface area contributed by atoms with Crippen LogP contribution in [0.4, 0.5) is 10.1 Å². The molecule has 1 aromatic carbocycles. The smallest absolute Gasteiger partial charge is 0.335 e. The van der Waals surface area contributed by atoms with E-state index >= 15 is 0 Å². The summed E-state index contributed by atoms with van der Waals surface area (Å²) in [5.41, 5.74) is 0.792. The lowest BCUT2D eigenvalue weighted by atomic mass is 10.1. The van der Waals surface area contributed by atoms with Crippen molar-refractivity contribution in [3.05, 3.63) is 47.0 Å². The number of hydrogen-bond donors (Lipinski definition) is 2. The van der Waals surface area contributed by atoms with Gasteiger partial charge in [0.1, 0.15) is 11.5 Å². The van der Waals surface area contributed by atoms with Crippen molar-refractivity contribution in [2.75, 3.05) is 5.32 Å². The van der Waals surface area contributed by atoms with Gasteiger partial charge in [-0.3, -0.25) is 9.48 Å².